The quantitative estimate of drug-likeness (QED) is 0.709. The molecule has 0 aliphatic rings. The van der Waals surface area contributed by atoms with Gasteiger partial charge in [-0.1, -0.05) is 13.8 Å². The van der Waals surface area contributed by atoms with E-state index in [2.05, 4.69) is 24.5 Å². The number of hydrogen-bond donors (Lipinski definition) is 2. The van der Waals surface area contributed by atoms with Crippen LogP contribution in [-0.4, -0.2) is 32.7 Å². The maximum Gasteiger partial charge on any atom is 0.251 e. The highest BCUT2D eigenvalue weighted by atomic mass is 16.5. The standard InChI is InChI=1S/C15H24N2O2/c1-12(2)8-10-19-11-9-17-15(18)13-4-6-14(16-3)7-5-13/h4-7,12,16H,8-11H2,1-3H3,(H,17,18). The zero-order valence-electron chi connectivity index (χ0n) is 12.0. The minimum Gasteiger partial charge on any atom is -0.388 e. The summed E-state index contributed by atoms with van der Waals surface area (Å²) < 4.78 is 5.44. The molecule has 0 atom stereocenters. The van der Waals surface area contributed by atoms with E-state index in [1.165, 1.54) is 0 Å². The van der Waals surface area contributed by atoms with Gasteiger partial charge in [0.05, 0.1) is 6.61 Å². The Bertz CT molecular complexity index is 374. The van der Waals surface area contributed by atoms with Gasteiger partial charge in [0.1, 0.15) is 0 Å². The molecule has 4 heteroatoms. The molecule has 0 bridgehead atoms. The van der Waals surface area contributed by atoms with Crippen molar-refractivity contribution in [3.8, 4) is 0 Å². The first-order valence-corrected chi connectivity index (χ1v) is 6.77. The molecular weight excluding hydrogens is 240 g/mol. The van der Waals surface area contributed by atoms with Gasteiger partial charge in [-0.3, -0.25) is 4.79 Å². The van der Waals surface area contributed by atoms with E-state index in [0.717, 1.165) is 18.7 Å². The van der Waals surface area contributed by atoms with Gasteiger partial charge in [0.2, 0.25) is 0 Å². The molecule has 1 aromatic rings. The van der Waals surface area contributed by atoms with E-state index in [4.69, 9.17) is 4.74 Å². The van der Waals surface area contributed by atoms with Gasteiger partial charge >= 0.3 is 0 Å². The molecule has 2 N–H and O–H groups in total. The predicted molar refractivity (Wildman–Crippen MR) is 78.6 cm³/mol. The third-order valence-electron chi connectivity index (χ3n) is 2.81. The van der Waals surface area contributed by atoms with Crippen molar-refractivity contribution >= 4 is 11.6 Å². The summed E-state index contributed by atoms with van der Waals surface area (Å²) in [4.78, 5) is 11.8. The molecule has 1 rings (SSSR count). The van der Waals surface area contributed by atoms with Gasteiger partial charge in [-0.05, 0) is 36.6 Å². The van der Waals surface area contributed by atoms with E-state index in [1.54, 1.807) is 12.1 Å². The minimum atomic E-state index is -0.0601. The van der Waals surface area contributed by atoms with Gasteiger partial charge in [0.25, 0.3) is 5.91 Å². The summed E-state index contributed by atoms with van der Waals surface area (Å²) in [6.07, 6.45) is 1.05. The molecule has 0 aliphatic carbocycles. The number of ether oxygens (including phenoxy) is 1. The van der Waals surface area contributed by atoms with Crippen LogP contribution in [0.1, 0.15) is 30.6 Å². The Balaban J connectivity index is 2.20. The fourth-order valence-electron chi connectivity index (χ4n) is 1.55. The molecule has 0 aromatic heterocycles. The number of carbonyl (C=O) groups is 1. The highest BCUT2D eigenvalue weighted by molar-refractivity contribution is 5.94. The van der Waals surface area contributed by atoms with Crippen LogP contribution in [0.5, 0.6) is 0 Å². The molecule has 0 fully saturated rings. The molecule has 1 aromatic carbocycles. The summed E-state index contributed by atoms with van der Waals surface area (Å²) >= 11 is 0. The van der Waals surface area contributed by atoms with Gasteiger partial charge < -0.3 is 15.4 Å². The molecule has 19 heavy (non-hydrogen) atoms. The van der Waals surface area contributed by atoms with Gasteiger partial charge in [-0.25, -0.2) is 0 Å². The van der Waals surface area contributed by atoms with Crippen molar-refractivity contribution in [2.75, 3.05) is 32.1 Å². The second-order valence-corrected chi connectivity index (χ2v) is 4.88. The highest BCUT2D eigenvalue weighted by Crippen LogP contribution is 2.08. The summed E-state index contributed by atoms with van der Waals surface area (Å²) in [5.41, 5.74) is 1.66. The smallest absolute Gasteiger partial charge is 0.251 e. The number of benzene rings is 1. The third kappa shape index (κ3) is 6.25. The van der Waals surface area contributed by atoms with E-state index in [0.29, 0.717) is 24.6 Å². The maximum atomic E-state index is 11.8. The molecule has 0 unspecified atom stereocenters. The summed E-state index contributed by atoms with van der Waals surface area (Å²) in [6.45, 7) is 6.20. The van der Waals surface area contributed by atoms with E-state index in [1.807, 2.05) is 19.2 Å². The zero-order chi connectivity index (χ0) is 14.1. The van der Waals surface area contributed by atoms with Crippen LogP contribution in [0.2, 0.25) is 0 Å². The second kappa shape index (κ2) is 8.53. The van der Waals surface area contributed by atoms with Crippen molar-refractivity contribution in [3.63, 3.8) is 0 Å². The zero-order valence-corrected chi connectivity index (χ0v) is 12.0. The molecule has 0 radical (unpaired) electrons. The third-order valence-corrected chi connectivity index (χ3v) is 2.81. The minimum absolute atomic E-state index is 0.0601. The van der Waals surface area contributed by atoms with E-state index in [-0.39, 0.29) is 5.91 Å². The van der Waals surface area contributed by atoms with Crippen molar-refractivity contribution in [2.45, 2.75) is 20.3 Å². The normalized spacial score (nSPS) is 10.5. The van der Waals surface area contributed by atoms with Crippen LogP contribution < -0.4 is 10.6 Å². The maximum absolute atomic E-state index is 11.8. The van der Waals surface area contributed by atoms with Crippen LogP contribution in [0.4, 0.5) is 5.69 Å². The Morgan fingerprint density at radius 3 is 2.47 bits per heavy atom. The van der Waals surface area contributed by atoms with Crippen LogP contribution in [0.15, 0.2) is 24.3 Å². The topological polar surface area (TPSA) is 50.4 Å². The molecule has 0 heterocycles. The van der Waals surface area contributed by atoms with Crippen molar-refractivity contribution in [1.82, 2.24) is 5.32 Å². The van der Waals surface area contributed by atoms with E-state index < -0.39 is 0 Å². The Morgan fingerprint density at radius 2 is 1.89 bits per heavy atom. The Hall–Kier alpha value is -1.55. The van der Waals surface area contributed by atoms with Crippen molar-refractivity contribution in [3.05, 3.63) is 29.8 Å². The van der Waals surface area contributed by atoms with Crippen LogP contribution >= 0.6 is 0 Å². The van der Waals surface area contributed by atoms with E-state index in [9.17, 15) is 4.79 Å². The number of rotatable bonds is 8. The van der Waals surface area contributed by atoms with Gasteiger partial charge in [-0.2, -0.15) is 0 Å². The molecule has 4 nitrogen and oxygen atoms in total. The van der Waals surface area contributed by atoms with Crippen LogP contribution in [0.3, 0.4) is 0 Å². The van der Waals surface area contributed by atoms with Gasteiger partial charge in [0.15, 0.2) is 0 Å². The number of carbonyl (C=O) groups excluding carboxylic acids is 1. The second-order valence-electron chi connectivity index (χ2n) is 4.88. The average molecular weight is 264 g/mol. The van der Waals surface area contributed by atoms with Crippen LogP contribution in [0, 0.1) is 5.92 Å². The molecule has 0 spiro atoms. The molecule has 106 valence electrons. The molecule has 0 saturated carbocycles. The summed E-state index contributed by atoms with van der Waals surface area (Å²) in [7, 11) is 1.85. The molecular formula is C15H24N2O2. The molecule has 1 amide bonds. The number of anilines is 1. The first-order valence-electron chi connectivity index (χ1n) is 6.77. The van der Waals surface area contributed by atoms with Crippen molar-refractivity contribution < 1.29 is 9.53 Å². The van der Waals surface area contributed by atoms with Gasteiger partial charge in [-0.15, -0.1) is 0 Å². The summed E-state index contributed by atoms with van der Waals surface area (Å²) in [6, 6.07) is 7.38. The van der Waals surface area contributed by atoms with Crippen LogP contribution in [-0.2, 0) is 4.74 Å². The lowest BCUT2D eigenvalue weighted by molar-refractivity contribution is 0.0906. The van der Waals surface area contributed by atoms with Crippen molar-refractivity contribution in [2.24, 2.45) is 5.92 Å². The lowest BCUT2D eigenvalue weighted by Gasteiger charge is -2.08. The first-order chi connectivity index (χ1) is 9.13. The molecule has 0 aliphatic heterocycles. The average Bonchev–Trinajstić information content (AvgIpc) is 2.42. The first kappa shape index (κ1) is 15.5. The highest BCUT2D eigenvalue weighted by Gasteiger charge is 2.04. The number of hydrogen-bond acceptors (Lipinski definition) is 3. The van der Waals surface area contributed by atoms with Crippen molar-refractivity contribution in [1.29, 1.82) is 0 Å². The van der Waals surface area contributed by atoms with Gasteiger partial charge in [0, 0.05) is 31.5 Å². The largest absolute Gasteiger partial charge is 0.388 e. The molecule has 0 saturated heterocycles. The number of nitrogens with one attached hydrogen (secondary N) is 2. The summed E-state index contributed by atoms with van der Waals surface area (Å²) in [5, 5.41) is 5.86. The van der Waals surface area contributed by atoms with E-state index >= 15 is 0 Å². The summed E-state index contributed by atoms with van der Waals surface area (Å²) in [5.74, 6) is 0.593. The SMILES string of the molecule is CNc1ccc(C(=O)NCCOCCC(C)C)cc1. The lowest BCUT2D eigenvalue weighted by atomic mass is 10.1. The Labute approximate surface area is 115 Å². The Morgan fingerprint density at radius 1 is 1.21 bits per heavy atom. The monoisotopic (exact) mass is 264 g/mol. The number of amides is 1. The fourth-order valence-corrected chi connectivity index (χ4v) is 1.55. The van der Waals surface area contributed by atoms with Crippen LogP contribution in [0.25, 0.3) is 0 Å². The fraction of sp³-hybridized carbons (Fsp3) is 0.533. The Kier molecular flexibility index (Phi) is 6.97. The lowest BCUT2D eigenvalue weighted by Crippen LogP contribution is -2.27. The predicted octanol–water partition coefficient (Wildman–Crippen LogP) is 2.52.